The van der Waals surface area contributed by atoms with Gasteiger partial charge < -0.3 is 19.1 Å². The number of likely N-dealkylation sites (tertiary alicyclic amines) is 1. The summed E-state index contributed by atoms with van der Waals surface area (Å²) in [5, 5.41) is 6.82. The standard InChI is InChI=1S/C25H28F3N5O2/c1-3-32-12-10-19(11-13-32)31(2)21-6-4-5-7-22(21)33(16-34)15-18-9-8-17(14-20(18)26)24-29-30-25(35-24)23(27)28/h4-9,14,16,19,23H,3,10-13,15H2,1-2H3. The fraction of sp³-hybridized carbons (Fsp3) is 0.400. The molecule has 1 amide bonds. The van der Waals surface area contributed by atoms with Crippen LogP contribution in [0, 0.1) is 5.82 Å². The summed E-state index contributed by atoms with van der Waals surface area (Å²) in [7, 11) is 2.03. The predicted octanol–water partition coefficient (Wildman–Crippen LogP) is 4.90. The minimum Gasteiger partial charge on any atom is -0.415 e. The number of amides is 1. The zero-order chi connectivity index (χ0) is 24.9. The van der Waals surface area contributed by atoms with E-state index in [4.69, 9.17) is 4.42 Å². The van der Waals surface area contributed by atoms with Crippen molar-refractivity contribution < 1.29 is 22.4 Å². The average Bonchev–Trinajstić information content (AvgIpc) is 3.39. The highest BCUT2D eigenvalue weighted by Gasteiger charge is 2.25. The Morgan fingerprint density at radius 2 is 1.86 bits per heavy atom. The first-order chi connectivity index (χ1) is 16.9. The number of rotatable bonds is 9. The van der Waals surface area contributed by atoms with E-state index in [0.717, 1.165) is 44.2 Å². The maximum Gasteiger partial charge on any atom is 0.314 e. The first-order valence-electron chi connectivity index (χ1n) is 11.6. The normalized spacial score (nSPS) is 14.9. The highest BCUT2D eigenvalue weighted by molar-refractivity contribution is 5.84. The van der Waals surface area contributed by atoms with Gasteiger partial charge in [0.15, 0.2) is 0 Å². The van der Waals surface area contributed by atoms with Crippen LogP contribution in [0.25, 0.3) is 11.5 Å². The van der Waals surface area contributed by atoms with Gasteiger partial charge >= 0.3 is 6.43 Å². The molecule has 0 spiro atoms. The van der Waals surface area contributed by atoms with Gasteiger partial charge in [-0.2, -0.15) is 8.78 Å². The molecule has 0 atom stereocenters. The Kier molecular flexibility index (Phi) is 7.70. The molecule has 1 saturated heterocycles. The lowest BCUT2D eigenvalue weighted by Gasteiger charge is -2.38. The number of hydrogen-bond acceptors (Lipinski definition) is 6. The number of carbonyl (C=O) groups is 1. The molecular weight excluding hydrogens is 459 g/mol. The van der Waals surface area contributed by atoms with E-state index in [1.54, 1.807) is 0 Å². The molecule has 0 N–H and O–H groups in total. The number of benzene rings is 2. The summed E-state index contributed by atoms with van der Waals surface area (Å²) in [6.45, 7) is 5.26. The zero-order valence-electron chi connectivity index (χ0n) is 19.7. The molecule has 0 saturated carbocycles. The lowest BCUT2D eigenvalue weighted by atomic mass is 10.0. The van der Waals surface area contributed by atoms with Crippen molar-refractivity contribution in [1.29, 1.82) is 0 Å². The van der Waals surface area contributed by atoms with Crippen LogP contribution in [0.4, 0.5) is 24.5 Å². The van der Waals surface area contributed by atoms with Crippen molar-refractivity contribution in [2.45, 2.75) is 38.8 Å². The van der Waals surface area contributed by atoms with Crippen LogP contribution < -0.4 is 9.80 Å². The monoisotopic (exact) mass is 487 g/mol. The molecule has 4 rings (SSSR count). The van der Waals surface area contributed by atoms with E-state index < -0.39 is 18.1 Å². The number of para-hydroxylation sites is 2. The molecule has 0 aliphatic carbocycles. The van der Waals surface area contributed by atoms with Crippen molar-refractivity contribution in [3.8, 4) is 11.5 Å². The van der Waals surface area contributed by atoms with Crippen molar-refractivity contribution in [3.63, 3.8) is 0 Å². The summed E-state index contributed by atoms with van der Waals surface area (Å²) in [5.74, 6) is -1.62. The second kappa shape index (κ2) is 10.9. The van der Waals surface area contributed by atoms with Crippen LogP contribution in [0.2, 0.25) is 0 Å². The minimum atomic E-state index is -2.90. The van der Waals surface area contributed by atoms with E-state index in [9.17, 15) is 18.0 Å². The fourth-order valence-corrected chi connectivity index (χ4v) is 4.44. The van der Waals surface area contributed by atoms with Crippen LogP contribution in [-0.4, -0.2) is 54.2 Å². The average molecular weight is 488 g/mol. The molecule has 0 radical (unpaired) electrons. The third-order valence-corrected chi connectivity index (χ3v) is 6.52. The van der Waals surface area contributed by atoms with Crippen LogP contribution in [0.3, 0.4) is 0 Å². The smallest absolute Gasteiger partial charge is 0.314 e. The largest absolute Gasteiger partial charge is 0.415 e. The molecule has 10 heteroatoms. The quantitative estimate of drug-likeness (QED) is 0.400. The van der Waals surface area contributed by atoms with Crippen molar-refractivity contribution in [2.75, 3.05) is 36.5 Å². The lowest BCUT2D eigenvalue weighted by Crippen LogP contribution is -2.43. The minimum absolute atomic E-state index is 0.000856. The van der Waals surface area contributed by atoms with Gasteiger partial charge in [-0.1, -0.05) is 25.1 Å². The molecule has 186 valence electrons. The number of anilines is 2. The number of halogens is 3. The van der Waals surface area contributed by atoms with Gasteiger partial charge in [0.2, 0.25) is 12.3 Å². The van der Waals surface area contributed by atoms with Crippen LogP contribution in [0.1, 0.15) is 37.6 Å². The van der Waals surface area contributed by atoms with Gasteiger partial charge in [-0.25, -0.2) is 4.39 Å². The summed E-state index contributed by atoms with van der Waals surface area (Å²) in [5.41, 5.74) is 2.03. The Hall–Kier alpha value is -3.40. The number of carbonyl (C=O) groups excluding carboxylic acids is 1. The summed E-state index contributed by atoms with van der Waals surface area (Å²) in [4.78, 5) is 18.2. The Morgan fingerprint density at radius 1 is 1.14 bits per heavy atom. The third kappa shape index (κ3) is 5.48. The molecular formula is C25H28F3N5O2. The second-order valence-electron chi connectivity index (χ2n) is 8.55. The van der Waals surface area contributed by atoms with Gasteiger partial charge in [-0.15, -0.1) is 10.2 Å². The Balaban J connectivity index is 1.53. The number of hydrogen-bond donors (Lipinski definition) is 0. The molecule has 0 bridgehead atoms. The van der Waals surface area contributed by atoms with E-state index in [-0.39, 0.29) is 23.6 Å². The van der Waals surface area contributed by atoms with Crippen LogP contribution in [0.15, 0.2) is 46.9 Å². The van der Waals surface area contributed by atoms with Gasteiger partial charge in [0, 0.05) is 37.3 Å². The molecule has 0 unspecified atom stereocenters. The van der Waals surface area contributed by atoms with Crippen LogP contribution in [-0.2, 0) is 11.3 Å². The van der Waals surface area contributed by atoms with E-state index in [0.29, 0.717) is 18.1 Å². The summed E-state index contributed by atoms with van der Waals surface area (Å²) < 4.78 is 45.3. The van der Waals surface area contributed by atoms with E-state index in [1.165, 1.54) is 17.0 Å². The molecule has 35 heavy (non-hydrogen) atoms. The molecule has 1 aromatic heterocycles. The van der Waals surface area contributed by atoms with E-state index >= 15 is 0 Å². The molecule has 1 aliphatic rings. The van der Waals surface area contributed by atoms with Gasteiger partial charge in [0.1, 0.15) is 5.82 Å². The van der Waals surface area contributed by atoms with Crippen molar-refractivity contribution in [2.24, 2.45) is 0 Å². The second-order valence-corrected chi connectivity index (χ2v) is 8.55. The number of alkyl halides is 2. The van der Waals surface area contributed by atoms with Crippen molar-refractivity contribution in [1.82, 2.24) is 15.1 Å². The number of aromatic nitrogens is 2. The molecule has 1 fully saturated rings. The number of piperidine rings is 1. The van der Waals surface area contributed by atoms with Crippen molar-refractivity contribution >= 4 is 17.8 Å². The highest BCUT2D eigenvalue weighted by atomic mass is 19.3. The summed E-state index contributed by atoms with van der Waals surface area (Å²) >= 11 is 0. The third-order valence-electron chi connectivity index (χ3n) is 6.52. The lowest BCUT2D eigenvalue weighted by molar-refractivity contribution is -0.107. The first kappa shape index (κ1) is 24.7. The van der Waals surface area contributed by atoms with Gasteiger partial charge in [0.25, 0.3) is 5.89 Å². The summed E-state index contributed by atoms with van der Waals surface area (Å²) in [6.07, 6.45) is -0.163. The van der Waals surface area contributed by atoms with Gasteiger partial charge in [-0.3, -0.25) is 4.79 Å². The molecule has 3 aromatic rings. The Morgan fingerprint density at radius 3 is 2.46 bits per heavy atom. The van der Waals surface area contributed by atoms with E-state index in [1.807, 2.05) is 31.3 Å². The van der Waals surface area contributed by atoms with Gasteiger partial charge in [0.05, 0.1) is 17.9 Å². The molecule has 7 nitrogen and oxygen atoms in total. The zero-order valence-corrected chi connectivity index (χ0v) is 19.7. The van der Waals surface area contributed by atoms with E-state index in [2.05, 4.69) is 26.9 Å². The van der Waals surface area contributed by atoms with Crippen LogP contribution in [0.5, 0.6) is 0 Å². The molecule has 2 aromatic carbocycles. The maximum absolute atomic E-state index is 14.9. The maximum atomic E-state index is 14.9. The highest BCUT2D eigenvalue weighted by Crippen LogP contribution is 2.33. The Labute approximate surface area is 202 Å². The molecule has 1 aliphatic heterocycles. The number of nitrogens with zero attached hydrogens (tertiary/aromatic N) is 5. The van der Waals surface area contributed by atoms with Gasteiger partial charge in [-0.05, 0) is 43.7 Å². The summed E-state index contributed by atoms with van der Waals surface area (Å²) in [6, 6.07) is 12.1. The van der Waals surface area contributed by atoms with Crippen molar-refractivity contribution in [3.05, 3.63) is 59.7 Å². The topological polar surface area (TPSA) is 65.7 Å². The predicted molar refractivity (Wildman–Crippen MR) is 127 cm³/mol. The SMILES string of the molecule is CCN1CCC(N(C)c2ccccc2N(C=O)Cc2ccc(-c3nnc(C(F)F)o3)cc2F)CC1. The first-order valence-corrected chi connectivity index (χ1v) is 11.6. The Bertz CT molecular complexity index is 1150. The van der Waals surface area contributed by atoms with Crippen LogP contribution >= 0.6 is 0 Å². The molecule has 2 heterocycles. The fourth-order valence-electron chi connectivity index (χ4n) is 4.44.